The highest BCUT2D eigenvalue weighted by molar-refractivity contribution is 8.01. The molecule has 4 rings (SSSR count). The minimum absolute atomic E-state index is 0.0554. The predicted octanol–water partition coefficient (Wildman–Crippen LogP) is 3.40. The molecule has 1 aliphatic rings. The average Bonchev–Trinajstić information content (AvgIpc) is 3.33. The Morgan fingerprint density at radius 1 is 1.07 bits per heavy atom. The summed E-state index contributed by atoms with van der Waals surface area (Å²) in [4.78, 5) is 26.5. The number of nitrogens with one attached hydrogen (secondary N) is 1. The number of rotatable bonds is 6. The van der Waals surface area contributed by atoms with Gasteiger partial charge in [0, 0.05) is 12.2 Å². The van der Waals surface area contributed by atoms with Crippen LogP contribution < -0.4 is 10.2 Å². The lowest BCUT2D eigenvalue weighted by Gasteiger charge is -2.16. The minimum Gasteiger partial charge on any atom is -0.311 e. The molecule has 0 unspecified atom stereocenters. The van der Waals surface area contributed by atoms with Gasteiger partial charge in [-0.25, -0.2) is 0 Å². The first-order chi connectivity index (χ1) is 13.7. The van der Waals surface area contributed by atoms with E-state index in [9.17, 15) is 9.59 Å². The van der Waals surface area contributed by atoms with Gasteiger partial charge in [0.1, 0.15) is 0 Å². The number of anilines is 2. The summed E-state index contributed by atoms with van der Waals surface area (Å²) in [6, 6.07) is 17.5. The molecule has 1 N–H and O–H groups in total. The van der Waals surface area contributed by atoms with Crippen molar-refractivity contribution in [2.24, 2.45) is 0 Å². The van der Waals surface area contributed by atoms with Crippen LogP contribution in [0.1, 0.15) is 11.1 Å². The van der Waals surface area contributed by atoms with E-state index < -0.39 is 0 Å². The first-order valence-corrected chi connectivity index (χ1v) is 10.7. The Morgan fingerprint density at radius 2 is 1.86 bits per heavy atom. The van der Waals surface area contributed by atoms with Crippen LogP contribution in [0.4, 0.5) is 10.8 Å². The number of carbonyl (C=O) groups excluding carboxylic acids is 2. The summed E-state index contributed by atoms with van der Waals surface area (Å²) in [5.41, 5.74) is 3.15. The van der Waals surface area contributed by atoms with E-state index in [2.05, 4.69) is 21.6 Å². The van der Waals surface area contributed by atoms with E-state index in [1.54, 1.807) is 0 Å². The standard InChI is InChI=1S/C20H18N4O2S2/c25-17(12-14-6-2-1-3-7-14)21-19-22-23-20(28-19)27-13-18(26)24-11-10-15-8-4-5-9-16(15)24/h1-9H,10-13H2,(H,21,22,25). The number of hydrogen-bond acceptors (Lipinski definition) is 6. The first kappa shape index (κ1) is 18.6. The van der Waals surface area contributed by atoms with Crippen LogP contribution in [0.5, 0.6) is 0 Å². The summed E-state index contributed by atoms with van der Waals surface area (Å²) in [6.45, 7) is 0.718. The van der Waals surface area contributed by atoms with Gasteiger partial charge in [0.25, 0.3) is 0 Å². The molecule has 0 fully saturated rings. The van der Waals surface area contributed by atoms with Crippen molar-refractivity contribution in [1.82, 2.24) is 10.2 Å². The second kappa shape index (κ2) is 8.53. The van der Waals surface area contributed by atoms with Gasteiger partial charge in [-0.3, -0.25) is 9.59 Å². The number of fused-ring (bicyclic) bond motifs is 1. The lowest BCUT2D eigenvalue weighted by atomic mass is 10.1. The monoisotopic (exact) mass is 410 g/mol. The van der Waals surface area contributed by atoms with Crippen LogP contribution in [0.25, 0.3) is 0 Å². The predicted molar refractivity (Wildman–Crippen MR) is 112 cm³/mol. The quantitative estimate of drug-likeness (QED) is 0.498. The van der Waals surface area contributed by atoms with E-state index in [0.717, 1.165) is 24.2 Å². The minimum atomic E-state index is -0.136. The molecule has 28 heavy (non-hydrogen) atoms. The third kappa shape index (κ3) is 4.40. The fourth-order valence-electron chi connectivity index (χ4n) is 3.06. The second-order valence-corrected chi connectivity index (χ2v) is 8.50. The number of aromatic nitrogens is 2. The summed E-state index contributed by atoms with van der Waals surface area (Å²) < 4.78 is 0.663. The number of para-hydroxylation sites is 1. The molecule has 6 nitrogen and oxygen atoms in total. The van der Waals surface area contributed by atoms with Crippen molar-refractivity contribution in [1.29, 1.82) is 0 Å². The van der Waals surface area contributed by atoms with Crippen LogP contribution in [-0.2, 0) is 22.4 Å². The molecule has 2 aromatic carbocycles. The lowest BCUT2D eigenvalue weighted by molar-refractivity contribution is -0.116. The Labute approximate surface area is 171 Å². The number of hydrogen-bond donors (Lipinski definition) is 1. The maximum Gasteiger partial charge on any atom is 0.237 e. The summed E-state index contributed by atoms with van der Waals surface area (Å²) in [5, 5.41) is 11.3. The molecule has 0 atom stereocenters. The fraction of sp³-hybridized carbons (Fsp3) is 0.200. The molecule has 0 saturated heterocycles. The van der Waals surface area contributed by atoms with Gasteiger partial charge in [-0.1, -0.05) is 71.6 Å². The third-order valence-electron chi connectivity index (χ3n) is 4.37. The zero-order valence-corrected chi connectivity index (χ0v) is 16.6. The van der Waals surface area contributed by atoms with Crippen LogP contribution in [0, 0.1) is 0 Å². The van der Waals surface area contributed by atoms with Crippen molar-refractivity contribution in [2.45, 2.75) is 17.2 Å². The fourth-order valence-corrected chi connectivity index (χ4v) is 4.71. The Hall–Kier alpha value is -2.71. The van der Waals surface area contributed by atoms with Crippen molar-refractivity contribution in [2.75, 3.05) is 22.5 Å². The van der Waals surface area contributed by atoms with E-state index in [1.165, 1.54) is 28.7 Å². The highest BCUT2D eigenvalue weighted by Crippen LogP contribution is 2.30. The highest BCUT2D eigenvalue weighted by atomic mass is 32.2. The second-order valence-electron chi connectivity index (χ2n) is 6.30. The van der Waals surface area contributed by atoms with Gasteiger partial charge in [-0.2, -0.15) is 0 Å². The number of carbonyl (C=O) groups is 2. The first-order valence-electron chi connectivity index (χ1n) is 8.87. The molecule has 1 aromatic heterocycles. The smallest absolute Gasteiger partial charge is 0.237 e. The van der Waals surface area contributed by atoms with Crippen molar-refractivity contribution >= 4 is 45.7 Å². The zero-order chi connectivity index (χ0) is 19.3. The largest absolute Gasteiger partial charge is 0.311 e. The summed E-state index contributed by atoms with van der Waals surface area (Å²) >= 11 is 2.62. The molecule has 0 aliphatic carbocycles. The van der Waals surface area contributed by atoms with Gasteiger partial charge in [0.15, 0.2) is 4.34 Å². The van der Waals surface area contributed by atoms with Crippen molar-refractivity contribution < 1.29 is 9.59 Å². The van der Waals surface area contributed by atoms with Crippen LogP contribution in [-0.4, -0.2) is 34.3 Å². The molecule has 1 aliphatic heterocycles. The maximum atomic E-state index is 12.6. The number of amides is 2. The molecule has 0 bridgehead atoms. The zero-order valence-electron chi connectivity index (χ0n) is 15.0. The molecule has 0 saturated carbocycles. The Balaban J connectivity index is 1.29. The van der Waals surface area contributed by atoms with Crippen molar-refractivity contribution in [3.05, 3.63) is 65.7 Å². The summed E-state index contributed by atoms with van der Waals surface area (Å²) in [5.74, 6) is 0.212. The molecular formula is C20H18N4O2S2. The molecule has 8 heteroatoms. The van der Waals surface area contributed by atoms with Gasteiger partial charge < -0.3 is 10.2 Å². The molecular weight excluding hydrogens is 392 g/mol. The van der Waals surface area contributed by atoms with Gasteiger partial charge in [-0.05, 0) is 23.6 Å². The third-order valence-corrected chi connectivity index (χ3v) is 6.32. The van der Waals surface area contributed by atoms with Crippen molar-refractivity contribution in [3.8, 4) is 0 Å². The Morgan fingerprint density at radius 3 is 2.71 bits per heavy atom. The van der Waals surface area contributed by atoms with E-state index >= 15 is 0 Å². The van der Waals surface area contributed by atoms with Gasteiger partial charge in [0.2, 0.25) is 16.9 Å². The normalized spacial score (nSPS) is 12.6. The van der Waals surface area contributed by atoms with Crippen LogP contribution in [0.15, 0.2) is 58.9 Å². The number of thioether (sulfide) groups is 1. The van der Waals surface area contributed by atoms with E-state index in [1.807, 2.05) is 53.4 Å². The molecule has 0 spiro atoms. The van der Waals surface area contributed by atoms with E-state index in [0.29, 0.717) is 15.2 Å². The average molecular weight is 411 g/mol. The van der Waals surface area contributed by atoms with E-state index in [4.69, 9.17) is 0 Å². The topological polar surface area (TPSA) is 75.2 Å². The molecule has 142 valence electrons. The van der Waals surface area contributed by atoms with Gasteiger partial charge in [-0.15, -0.1) is 10.2 Å². The molecule has 3 aromatic rings. The molecule has 0 radical (unpaired) electrons. The summed E-state index contributed by atoms with van der Waals surface area (Å²) in [6.07, 6.45) is 1.18. The lowest BCUT2D eigenvalue weighted by Crippen LogP contribution is -2.30. The van der Waals surface area contributed by atoms with E-state index in [-0.39, 0.29) is 18.2 Å². The van der Waals surface area contributed by atoms with Crippen LogP contribution in [0.3, 0.4) is 0 Å². The molecule has 2 heterocycles. The van der Waals surface area contributed by atoms with Crippen LogP contribution >= 0.6 is 23.1 Å². The highest BCUT2D eigenvalue weighted by Gasteiger charge is 2.24. The maximum absolute atomic E-state index is 12.6. The Kier molecular flexibility index (Phi) is 5.68. The van der Waals surface area contributed by atoms with Gasteiger partial charge in [0.05, 0.1) is 12.2 Å². The number of benzene rings is 2. The Bertz CT molecular complexity index is 991. The van der Waals surface area contributed by atoms with Gasteiger partial charge >= 0.3 is 0 Å². The number of nitrogens with zero attached hydrogens (tertiary/aromatic N) is 3. The van der Waals surface area contributed by atoms with Crippen LogP contribution in [0.2, 0.25) is 0 Å². The summed E-state index contributed by atoms with van der Waals surface area (Å²) in [7, 11) is 0. The molecule has 2 amide bonds. The van der Waals surface area contributed by atoms with Crippen molar-refractivity contribution in [3.63, 3.8) is 0 Å². The SMILES string of the molecule is O=C(Cc1ccccc1)Nc1nnc(SCC(=O)N2CCc3ccccc32)s1.